The van der Waals surface area contributed by atoms with Crippen molar-refractivity contribution in [3.8, 4) is 11.3 Å². The van der Waals surface area contributed by atoms with Crippen molar-refractivity contribution >= 4 is 11.2 Å². The second kappa shape index (κ2) is 4.65. The third-order valence-corrected chi connectivity index (χ3v) is 3.07. The molecule has 2 heterocycles. The maximum Gasteiger partial charge on any atom is 0.278 e. The van der Waals surface area contributed by atoms with Crippen molar-refractivity contribution in [1.29, 1.82) is 0 Å². The largest absolute Gasteiger partial charge is 0.290 e. The molecule has 0 saturated carbocycles. The van der Waals surface area contributed by atoms with E-state index in [1.807, 2.05) is 49.4 Å². The molecule has 0 N–H and O–H groups in total. The van der Waals surface area contributed by atoms with Gasteiger partial charge in [0.15, 0.2) is 5.65 Å². The van der Waals surface area contributed by atoms with E-state index < -0.39 is 0 Å². The SMILES string of the molecule is CCn1c(=O)c(-c2ccccc2)nc2cccnc21. The van der Waals surface area contributed by atoms with Gasteiger partial charge < -0.3 is 0 Å². The first-order valence-electron chi connectivity index (χ1n) is 6.22. The average Bonchev–Trinajstić information content (AvgIpc) is 2.47. The summed E-state index contributed by atoms with van der Waals surface area (Å²) in [5.74, 6) is 0. The lowest BCUT2D eigenvalue weighted by Gasteiger charge is -2.09. The molecule has 0 radical (unpaired) electrons. The highest BCUT2D eigenvalue weighted by Crippen LogP contribution is 2.15. The summed E-state index contributed by atoms with van der Waals surface area (Å²) < 4.78 is 1.66. The maximum absolute atomic E-state index is 12.5. The number of aromatic nitrogens is 3. The third-order valence-electron chi connectivity index (χ3n) is 3.07. The van der Waals surface area contributed by atoms with Crippen LogP contribution in [0, 0.1) is 0 Å². The minimum absolute atomic E-state index is 0.0973. The number of hydrogen-bond donors (Lipinski definition) is 0. The zero-order valence-corrected chi connectivity index (χ0v) is 10.6. The van der Waals surface area contributed by atoms with E-state index in [0.717, 1.165) is 11.1 Å². The van der Waals surface area contributed by atoms with Crippen LogP contribution in [0.2, 0.25) is 0 Å². The summed E-state index contributed by atoms with van der Waals surface area (Å²) in [4.78, 5) is 21.2. The van der Waals surface area contributed by atoms with Gasteiger partial charge >= 0.3 is 0 Å². The molecule has 0 atom stereocenters. The van der Waals surface area contributed by atoms with Gasteiger partial charge in [-0.05, 0) is 19.1 Å². The number of hydrogen-bond acceptors (Lipinski definition) is 3. The van der Waals surface area contributed by atoms with Gasteiger partial charge in [0.2, 0.25) is 0 Å². The van der Waals surface area contributed by atoms with Gasteiger partial charge in [-0.25, -0.2) is 9.97 Å². The molecule has 19 heavy (non-hydrogen) atoms. The Balaban J connectivity index is 2.39. The summed E-state index contributed by atoms with van der Waals surface area (Å²) >= 11 is 0. The van der Waals surface area contributed by atoms with Gasteiger partial charge in [-0.3, -0.25) is 9.36 Å². The van der Waals surface area contributed by atoms with Crippen LogP contribution in [0.5, 0.6) is 0 Å². The Morgan fingerprint density at radius 1 is 1.11 bits per heavy atom. The topological polar surface area (TPSA) is 47.8 Å². The molecule has 0 aliphatic rings. The first kappa shape index (κ1) is 11.6. The van der Waals surface area contributed by atoms with Crippen molar-refractivity contribution in [2.45, 2.75) is 13.5 Å². The maximum atomic E-state index is 12.5. The summed E-state index contributed by atoms with van der Waals surface area (Å²) in [6.45, 7) is 2.51. The minimum Gasteiger partial charge on any atom is -0.290 e. The molecule has 0 aliphatic carbocycles. The number of aryl methyl sites for hydroxylation is 1. The van der Waals surface area contributed by atoms with E-state index in [4.69, 9.17) is 0 Å². The Labute approximate surface area is 110 Å². The van der Waals surface area contributed by atoms with Crippen LogP contribution in [-0.4, -0.2) is 14.5 Å². The summed E-state index contributed by atoms with van der Waals surface area (Å²) in [5.41, 5.74) is 2.58. The van der Waals surface area contributed by atoms with Gasteiger partial charge in [0.05, 0.1) is 0 Å². The first-order valence-corrected chi connectivity index (χ1v) is 6.22. The van der Waals surface area contributed by atoms with Crippen molar-refractivity contribution in [1.82, 2.24) is 14.5 Å². The van der Waals surface area contributed by atoms with Crippen molar-refractivity contribution in [2.24, 2.45) is 0 Å². The lowest BCUT2D eigenvalue weighted by Crippen LogP contribution is -2.23. The van der Waals surface area contributed by atoms with E-state index >= 15 is 0 Å². The van der Waals surface area contributed by atoms with Crippen LogP contribution in [0.15, 0.2) is 53.5 Å². The van der Waals surface area contributed by atoms with Crippen LogP contribution < -0.4 is 5.56 Å². The van der Waals surface area contributed by atoms with Gasteiger partial charge in [-0.15, -0.1) is 0 Å². The highest BCUT2D eigenvalue weighted by atomic mass is 16.1. The van der Waals surface area contributed by atoms with E-state index in [9.17, 15) is 4.79 Å². The summed E-state index contributed by atoms with van der Waals surface area (Å²) in [6.07, 6.45) is 1.68. The molecule has 0 unspecified atom stereocenters. The first-order chi connectivity index (χ1) is 9.31. The standard InChI is InChI=1S/C15H13N3O/c1-2-18-14-12(9-6-10-16-14)17-13(15(18)19)11-7-4-3-5-8-11/h3-10H,2H2,1H3. The average molecular weight is 251 g/mol. The van der Waals surface area contributed by atoms with E-state index in [1.165, 1.54) is 0 Å². The number of nitrogens with zero attached hydrogens (tertiary/aromatic N) is 3. The molecule has 4 nitrogen and oxygen atoms in total. The highest BCUT2D eigenvalue weighted by Gasteiger charge is 2.11. The molecule has 3 aromatic rings. The minimum atomic E-state index is -0.0973. The van der Waals surface area contributed by atoms with Gasteiger partial charge in [-0.1, -0.05) is 30.3 Å². The van der Waals surface area contributed by atoms with Gasteiger partial charge in [-0.2, -0.15) is 0 Å². The Morgan fingerprint density at radius 3 is 2.63 bits per heavy atom. The summed E-state index contributed by atoms with van der Waals surface area (Å²) in [5, 5.41) is 0. The number of benzene rings is 1. The Hall–Kier alpha value is -2.49. The fourth-order valence-electron chi connectivity index (χ4n) is 2.15. The monoisotopic (exact) mass is 251 g/mol. The van der Waals surface area contributed by atoms with Gasteiger partial charge in [0.1, 0.15) is 11.2 Å². The van der Waals surface area contributed by atoms with Crippen molar-refractivity contribution < 1.29 is 0 Å². The Morgan fingerprint density at radius 2 is 1.89 bits per heavy atom. The predicted molar refractivity (Wildman–Crippen MR) is 74.9 cm³/mol. The molecule has 0 bridgehead atoms. The smallest absolute Gasteiger partial charge is 0.278 e. The third kappa shape index (κ3) is 1.91. The van der Waals surface area contributed by atoms with E-state index in [2.05, 4.69) is 9.97 Å². The summed E-state index contributed by atoms with van der Waals surface area (Å²) in [6, 6.07) is 13.2. The van der Waals surface area contributed by atoms with Crippen LogP contribution in [-0.2, 0) is 6.54 Å². The Kier molecular flexibility index (Phi) is 2.83. The van der Waals surface area contributed by atoms with Crippen LogP contribution >= 0.6 is 0 Å². The highest BCUT2D eigenvalue weighted by molar-refractivity contribution is 5.74. The molecule has 1 aromatic carbocycles. The summed E-state index contributed by atoms with van der Waals surface area (Å²) in [7, 11) is 0. The number of pyridine rings is 1. The van der Waals surface area contributed by atoms with Gasteiger partial charge in [0.25, 0.3) is 5.56 Å². The second-order valence-corrected chi connectivity index (χ2v) is 4.22. The number of rotatable bonds is 2. The zero-order chi connectivity index (χ0) is 13.2. The molecule has 0 spiro atoms. The van der Waals surface area contributed by atoms with Crippen LogP contribution in [0.4, 0.5) is 0 Å². The predicted octanol–water partition coefficient (Wildman–Crippen LogP) is 2.48. The Bertz CT molecular complexity index is 778. The van der Waals surface area contributed by atoms with Crippen LogP contribution in [0.25, 0.3) is 22.4 Å². The fourth-order valence-corrected chi connectivity index (χ4v) is 2.15. The molecule has 4 heteroatoms. The molecular weight excluding hydrogens is 238 g/mol. The van der Waals surface area contributed by atoms with E-state index in [1.54, 1.807) is 10.8 Å². The van der Waals surface area contributed by atoms with Crippen molar-refractivity contribution in [3.63, 3.8) is 0 Å². The van der Waals surface area contributed by atoms with Crippen molar-refractivity contribution in [3.05, 3.63) is 59.0 Å². The zero-order valence-electron chi connectivity index (χ0n) is 10.6. The second-order valence-electron chi connectivity index (χ2n) is 4.22. The lowest BCUT2D eigenvalue weighted by atomic mass is 10.1. The van der Waals surface area contributed by atoms with Crippen LogP contribution in [0.1, 0.15) is 6.92 Å². The molecule has 0 saturated heterocycles. The quantitative estimate of drug-likeness (QED) is 0.703. The fraction of sp³-hybridized carbons (Fsp3) is 0.133. The van der Waals surface area contributed by atoms with Crippen LogP contribution in [0.3, 0.4) is 0 Å². The molecule has 0 aliphatic heterocycles. The number of fused-ring (bicyclic) bond motifs is 1. The molecule has 0 fully saturated rings. The molecule has 0 amide bonds. The van der Waals surface area contributed by atoms with E-state index in [0.29, 0.717) is 17.9 Å². The molecule has 3 rings (SSSR count). The van der Waals surface area contributed by atoms with E-state index in [-0.39, 0.29) is 5.56 Å². The molecule has 94 valence electrons. The lowest BCUT2D eigenvalue weighted by molar-refractivity contribution is 0.745. The van der Waals surface area contributed by atoms with Crippen molar-refractivity contribution in [2.75, 3.05) is 0 Å². The van der Waals surface area contributed by atoms with Gasteiger partial charge in [0, 0.05) is 18.3 Å². The normalized spacial score (nSPS) is 10.8. The molecule has 2 aromatic heterocycles. The molecular formula is C15H13N3O.